The number of rotatable bonds is 7. The lowest BCUT2D eigenvalue weighted by atomic mass is 9.95. The second-order valence-corrected chi connectivity index (χ2v) is 11.6. The molecule has 0 saturated carbocycles. The molecule has 0 radical (unpaired) electrons. The zero-order valence-corrected chi connectivity index (χ0v) is 24.5. The molecule has 220 valence electrons. The quantitative estimate of drug-likeness (QED) is 0.235. The fourth-order valence-corrected chi connectivity index (χ4v) is 4.82. The Labute approximate surface area is 245 Å². The molecule has 4 rings (SSSR count). The number of thiazole rings is 1. The van der Waals surface area contributed by atoms with E-state index in [0.29, 0.717) is 38.1 Å². The number of alkyl halides is 3. The van der Waals surface area contributed by atoms with Crippen molar-refractivity contribution < 1.29 is 27.5 Å². The molecule has 0 fully saturated rings. The van der Waals surface area contributed by atoms with E-state index >= 15 is 0 Å². The number of halogens is 3. The van der Waals surface area contributed by atoms with Gasteiger partial charge in [-0.25, -0.2) is 19.7 Å². The van der Waals surface area contributed by atoms with Crippen LogP contribution in [-0.2, 0) is 17.5 Å². The predicted octanol–water partition coefficient (Wildman–Crippen LogP) is 7.11. The minimum absolute atomic E-state index is 0.0258. The number of alkyl carbamates (subject to hydrolysis) is 1. The highest BCUT2D eigenvalue weighted by Crippen LogP contribution is 2.35. The van der Waals surface area contributed by atoms with Gasteiger partial charge in [0, 0.05) is 12.7 Å². The third kappa shape index (κ3) is 7.90. The maximum atomic E-state index is 13.5. The summed E-state index contributed by atoms with van der Waals surface area (Å²) in [6.07, 6.45) is -2.09. The van der Waals surface area contributed by atoms with E-state index in [1.807, 2.05) is 6.92 Å². The van der Waals surface area contributed by atoms with Gasteiger partial charge in [0.25, 0.3) is 5.91 Å². The van der Waals surface area contributed by atoms with E-state index < -0.39 is 29.5 Å². The Morgan fingerprint density at radius 2 is 1.74 bits per heavy atom. The summed E-state index contributed by atoms with van der Waals surface area (Å²) in [7, 11) is 0. The molecule has 0 bridgehead atoms. The van der Waals surface area contributed by atoms with Crippen LogP contribution >= 0.6 is 11.3 Å². The molecule has 0 unspecified atom stereocenters. The number of hydrogen-bond acceptors (Lipinski definition) is 7. The van der Waals surface area contributed by atoms with E-state index in [9.17, 15) is 22.8 Å². The maximum Gasteiger partial charge on any atom is 0.416 e. The standard InChI is InChI=1S/C30H30F3N5O3S/c1-17(37-26(39)25-16-35-27(42-25)24-12-13-34-18(2)38-24)19-6-8-20(9-7-19)23-14-22(30(31,32)33)11-10-21(23)15-36-28(40)41-29(3,4)5/h6-14,16-17H,15H2,1-5H3,(H,36,40)(H,37,39)/t17-/m1/s1. The Bertz CT molecular complexity index is 1580. The van der Waals surface area contributed by atoms with Crippen molar-refractivity contribution in [2.75, 3.05) is 0 Å². The molecule has 2 aromatic carbocycles. The Morgan fingerprint density at radius 3 is 2.38 bits per heavy atom. The Kier molecular flexibility index (Phi) is 8.95. The van der Waals surface area contributed by atoms with Gasteiger partial charge in [-0.1, -0.05) is 30.3 Å². The molecule has 42 heavy (non-hydrogen) atoms. The first-order valence-corrected chi connectivity index (χ1v) is 13.9. The number of nitrogens with zero attached hydrogens (tertiary/aromatic N) is 3. The van der Waals surface area contributed by atoms with Crippen LogP contribution in [0.1, 0.15) is 65.9 Å². The zero-order valence-electron chi connectivity index (χ0n) is 23.7. The summed E-state index contributed by atoms with van der Waals surface area (Å²) in [6, 6.07) is 11.6. The molecule has 0 aliphatic rings. The molecule has 2 heterocycles. The normalized spacial score (nSPS) is 12.5. The molecule has 4 aromatic rings. The molecular weight excluding hydrogens is 567 g/mol. The minimum atomic E-state index is -4.53. The highest BCUT2D eigenvalue weighted by Gasteiger charge is 2.31. The summed E-state index contributed by atoms with van der Waals surface area (Å²) >= 11 is 1.21. The van der Waals surface area contributed by atoms with Crippen LogP contribution in [0.5, 0.6) is 0 Å². The third-order valence-electron chi connectivity index (χ3n) is 6.05. The Hall–Kier alpha value is -4.32. The number of aryl methyl sites for hydroxylation is 1. The number of aromatic nitrogens is 3. The van der Waals surface area contributed by atoms with Gasteiger partial charge in [0.1, 0.15) is 27.0 Å². The van der Waals surface area contributed by atoms with Gasteiger partial charge in [0.2, 0.25) is 0 Å². The molecule has 0 spiro atoms. The van der Waals surface area contributed by atoms with E-state index in [0.717, 1.165) is 17.7 Å². The summed E-state index contributed by atoms with van der Waals surface area (Å²) in [6.45, 7) is 8.71. The van der Waals surface area contributed by atoms with Crippen LogP contribution in [0.2, 0.25) is 0 Å². The number of carbonyl (C=O) groups excluding carboxylic acids is 2. The van der Waals surface area contributed by atoms with Crippen molar-refractivity contribution in [3.63, 3.8) is 0 Å². The van der Waals surface area contributed by atoms with Crippen LogP contribution in [0.15, 0.2) is 60.9 Å². The van der Waals surface area contributed by atoms with Crippen LogP contribution in [0.3, 0.4) is 0 Å². The molecule has 8 nitrogen and oxygen atoms in total. The number of benzene rings is 2. The number of nitrogens with one attached hydrogen (secondary N) is 2. The van der Waals surface area contributed by atoms with Gasteiger partial charge in [-0.05, 0) is 75.1 Å². The average molecular weight is 598 g/mol. The van der Waals surface area contributed by atoms with Crippen LogP contribution < -0.4 is 10.6 Å². The largest absolute Gasteiger partial charge is 0.444 e. The number of amides is 2. The fourth-order valence-electron chi connectivity index (χ4n) is 4.03. The van der Waals surface area contributed by atoms with Gasteiger partial charge in [0.15, 0.2) is 0 Å². The average Bonchev–Trinajstić information content (AvgIpc) is 3.41. The lowest BCUT2D eigenvalue weighted by Crippen LogP contribution is -2.32. The number of hydrogen-bond donors (Lipinski definition) is 2. The van der Waals surface area contributed by atoms with Crippen LogP contribution in [0.4, 0.5) is 18.0 Å². The lowest BCUT2D eigenvalue weighted by Gasteiger charge is -2.20. The molecule has 2 aromatic heterocycles. The third-order valence-corrected chi connectivity index (χ3v) is 7.07. The second kappa shape index (κ2) is 12.3. The van der Waals surface area contributed by atoms with Gasteiger partial charge in [-0.2, -0.15) is 13.2 Å². The smallest absolute Gasteiger partial charge is 0.416 e. The molecule has 0 saturated heterocycles. The molecule has 1 atom stereocenters. The zero-order chi connectivity index (χ0) is 30.7. The summed E-state index contributed by atoms with van der Waals surface area (Å²) in [5.41, 5.74) is 1.20. The first kappa shape index (κ1) is 30.6. The van der Waals surface area contributed by atoms with Gasteiger partial charge in [-0.15, -0.1) is 11.3 Å². The summed E-state index contributed by atoms with van der Waals surface area (Å²) in [4.78, 5) is 38.2. The Balaban J connectivity index is 1.50. The fraction of sp³-hybridized carbons (Fsp3) is 0.300. The predicted molar refractivity (Wildman–Crippen MR) is 154 cm³/mol. The van der Waals surface area contributed by atoms with Crippen molar-refractivity contribution in [2.45, 2.75) is 59.0 Å². The van der Waals surface area contributed by atoms with E-state index in [1.54, 1.807) is 64.2 Å². The van der Waals surface area contributed by atoms with Crippen molar-refractivity contribution in [2.24, 2.45) is 0 Å². The maximum absolute atomic E-state index is 13.5. The molecule has 0 aliphatic heterocycles. The SMILES string of the molecule is Cc1nccc(-c2ncc(C(=O)N[C@H](C)c3ccc(-c4cc(C(F)(F)F)ccc4CNC(=O)OC(C)(C)C)cc3)s2)n1. The van der Waals surface area contributed by atoms with Gasteiger partial charge in [0.05, 0.1) is 17.8 Å². The van der Waals surface area contributed by atoms with Crippen molar-refractivity contribution >= 4 is 23.3 Å². The topological polar surface area (TPSA) is 106 Å². The van der Waals surface area contributed by atoms with Crippen molar-refractivity contribution in [3.05, 3.63) is 88.3 Å². The summed E-state index contributed by atoms with van der Waals surface area (Å²) in [5.74, 6) is 0.289. The van der Waals surface area contributed by atoms with E-state index in [4.69, 9.17) is 4.74 Å². The molecule has 2 N–H and O–H groups in total. The first-order valence-electron chi connectivity index (χ1n) is 13.0. The molecule has 0 aliphatic carbocycles. The summed E-state index contributed by atoms with van der Waals surface area (Å²) in [5, 5.41) is 6.13. The Morgan fingerprint density at radius 1 is 1.02 bits per heavy atom. The van der Waals surface area contributed by atoms with Crippen LogP contribution in [0.25, 0.3) is 21.8 Å². The molecular formula is C30H30F3N5O3S. The van der Waals surface area contributed by atoms with Gasteiger partial charge in [-0.3, -0.25) is 4.79 Å². The molecule has 12 heteroatoms. The van der Waals surface area contributed by atoms with Gasteiger partial charge < -0.3 is 15.4 Å². The molecule has 2 amide bonds. The van der Waals surface area contributed by atoms with Gasteiger partial charge >= 0.3 is 12.3 Å². The second-order valence-electron chi connectivity index (χ2n) is 10.6. The highest BCUT2D eigenvalue weighted by molar-refractivity contribution is 7.16. The van der Waals surface area contributed by atoms with E-state index in [-0.39, 0.29) is 12.5 Å². The van der Waals surface area contributed by atoms with Crippen molar-refractivity contribution in [1.82, 2.24) is 25.6 Å². The van der Waals surface area contributed by atoms with Crippen molar-refractivity contribution in [3.8, 4) is 21.8 Å². The van der Waals surface area contributed by atoms with Crippen LogP contribution in [0, 0.1) is 6.92 Å². The first-order chi connectivity index (χ1) is 19.7. The lowest BCUT2D eigenvalue weighted by molar-refractivity contribution is -0.137. The van der Waals surface area contributed by atoms with Crippen molar-refractivity contribution in [1.29, 1.82) is 0 Å². The monoisotopic (exact) mass is 597 g/mol. The minimum Gasteiger partial charge on any atom is -0.444 e. The highest BCUT2D eigenvalue weighted by atomic mass is 32.1. The summed E-state index contributed by atoms with van der Waals surface area (Å²) < 4.78 is 45.8. The number of carbonyl (C=O) groups is 2. The van der Waals surface area contributed by atoms with Crippen LogP contribution in [-0.4, -0.2) is 32.6 Å². The number of ether oxygens (including phenoxy) is 1. The van der Waals surface area contributed by atoms with E-state index in [1.165, 1.54) is 23.6 Å². The van der Waals surface area contributed by atoms with E-state index in [2.05, 4.69) is 25.6 Å².